The van der Waals surface area contributed by atoms with Gasteiger partial charge < -0.3 is 14.4 Å². The van der Waals surface area contributed by atoms with Crippen molar-refractivity contribution in [1.29, 1.82) is 0 Å². The lowest BCUT2D eigenvalue weighted by Gasteiger charge is -2.44. The van der Waals surface area contributed by atoms with E-state index in [-0.39, 0.29) is 0 Å². The van der Waals surface area contributed by atoms with E-state index < -0.39 is 0 Å². The molecule has 1 amide bonds. The molecule has 3 aliphatic rings. The highest BCUT2D eigenvalue weighted by molar-refractivity contribution is 5.76. The van der Waals surface area contributed by atoms with Crippen LogP contribution in [0.3, 0.4) is 0 Å². The van der Waals surface area contributed by atoms with E-state index in [2.05, 4.69) is 19.4 Å². The molecule has 144 valence electrons. The highest BCUT2D eigenvalue weighted by Gasteiger charge is 2.33. The summed E-state index contributed by atoms with van der Waals surface area (Å²) in [4.78, 5) is 21.7. The van der Waals surface area contributed by atoms with Crippen LogP contribution in [0, 0.1) is 11.8 Å². The number of carbonyl (C=O) groups excluding carboxylic acids is 1. The van der Waals surface area contributed by atoms with Gasteiger partial charge in [-0.15, -0.1) is 0 Å². The maximum atomic E-state index is 12.7. The number of imidazole rings is 1. The number of fused-ring (bicyclic) bond motifs is 1. The normalized spacial score (nSPS) is 28.1. The Kier molecular flexibility index (Phi) is 5.93. The number of aromatic nitrogens is 2. The van der Waals surface area contributed by atoms with Crippen LogP contribution in [0.2, 0.25) is 0 Å². The predicted octanol–water partition coefficient (Wildman–Crippen LogP) is 3.17. The second kappa shape index (κ2) is 8.55. The monoisotopic (exact) mass is 358 g/mol. The smallest absolute Gasteiger partial charge is 0.222 e. The lowest BCUT2D eigenvalue weighted by molar-refractivity contribution is -0.133. The molecule has 5 heteroatoms. The van der Waals surface area contributed by atoms with Crippen molar-refractivity contribution < 1.29 is 4.79 Å². The summed E-state index contributed by atoms with van der Waals surface area (Å²) in [6, 6.07) is 0.770. The Hall–Kier alpha value is -1.36. The van der Waals surface area contributed by atoms with E-state index in [0.29, 0.717) is 11.8 Å². The molecule has 2 atom stereocenters. The summed E-state index contributed by atoms with van der Waals surface area (Å²) in [5.74, 6) is 1.84. The number of rotatable bonds is 5. The fraction of sp³-hybridized carbons (Fsp3) is 0.810. The Morgan fingerprint density at radius 3 is 2.65 bits per heavy atom. The summed E-state index contributed by atoms with van der Waals surface area (Å²) in [5, 5.41) is 0. The molecule has 4 heterocycles. The minimum atomic E-state index is 0.402. The number of piperidine rings is 3. The lowest BCUT2D eigenvalue weighted by Crippen LogP contribution is -2.48. The lowest BCUT2D eigenvalue weighted by atomic mass is 9.81. The van der Waals surface area contributed by atoms with E-state index in [9.17, 15) is 4.79 Å². The van der Waals surface area contributed by atoms with E-state index in [1.54, 1.807) is 0 Å². The first-order valence-electron chi connectivity index (χ1n) is 10.8. The van der Waals surface area contributed by atoms with Gasteiger partial charge in [-0.25, -0.2) is 4.98 Å². The van der Waals surface area contributed by atoms with E-state index in [4.69, 9.17) is 0 Å². The average molecular weight is 359 g/mol. The molecule has 5 nitrogen and oxygen atoms in total. The molecule has 4 rings (SSSR count). The van der Waals surface area contributed by atoms with Gasteiger partial charge in [0.25, 0.3) is 0 Å². The van der Waals surface area contributed by atoms with Crippen LogP contribution in [-0.2, 0) is 11.3 Å². The minimum Gasteiger partial charge on any atom is -0.343 e. The molecule has 3 fully saturated rings. The van der Waals surface area contributed by atoms with Crippen LogP contribution in [-0.4, -0.2) is 57.5 Å². The molecule has 0 spiro atoms. The fourth-order valence-corrected chi connectivity index (χ4v) is 5.44. The fourth-order valence-electron chi connectivity index (χ4n) is 5.44. The van der Waals surface area contributed by atoms with E-state index in [1.807, 2.05) is 18.7 Å². The van der Waals surface area contributed by atoms with Crippen LogP contribution in [0.5, 0.6) is 0 Å². The molecule has 0 saturated carbocycles. The van der Waals surface area contributed by atoms with Crippen molar-refractivity contribution in [2.24, 2.45) is 11.8 Å². The van der Waals surface area contributed by atoms with Crippen LogP contribution in [0.4, 0.5) is 0 Å². The molecule has 26 heavy (non-hydrogen) atoms. The quantitative estimate of drug-likeness (QED) is 0.812. The van der Waals surface area contributed by atoms with E-state index in [1.165, 1.54) is 45.2 Å². The first-order valence-corrected chi connectivity index (χ1v) is 10.8. The zero-order valence-electron chi connectivity index (χ0n) is 16.1. The van der Waals surface area contributed by atoms with Crippen LogP contribution < -0.4 is 0 Å². The van der Waals surface area contributed by atoms with Gasteiger partial charge in [0.05, 0.1) is 6.33 Å². The SMILES string of the molecule is O=C(CC[C@@H]1CCCN2CCCC[C@H]12)N1CCC(Cn2ccnc2)CC1. The Labute approximate surface area is 157 Å². The molecule has 0 N–H and O–H groups in total. The summed E-state index contributed by atoms with van der Waals surface area (Å²) < 4.78 is 2.17. The summed E-state index contributed by atoms with van der Waals surface area (Å²) in [6.07, 6.45) is 16.7. The van der Waals surface area contributed by atoms with Crippen molar-refractivity contribution in [3.63, 3.8) is 0 Å². The second-order valence-electron chi connectivity index (χ2n) is 8.62. The van der Waals surface area contributed by atoms with Crippen LogP contribution in [0.15, 0.2) is 18.7 Å². The Morgan fingerprint density at radius 2 is 1.85 bits per heavy atom. The zero-order chi connectivity index (χ0) is 17.8. The molecular weight excluding hydrogens is 324 g/mol. The number of nitrogens with zero attached hydrogens (tertiary/aromatic N) is 4. The summed E-state index contributed by atoms with van der Waals surface area (Å²) >= 11 is 0. The third-order valence-electron chi connectivity index (χ3n) is 6.95. The van der Waals surface area contributed by atoms with Gasteiger partial charge in [0, 0.05) is 44.5 Å². The topological polar surface area (TPSA) is 41.4 Å². The van der Waals surface area contributed by atoms with E-state index in [0.717, 1.165) is 57.3 Å². The van der Waals surface area contributed by atoms with Gasteiger partial charge in [-0.05, 0) is 69.9 Å². The number of hydrogen-bond acceptors (Lipinski definition) is 3. The van der Waals surface area contributed by atoms with Crippen LogP contribution >= 0.6 is 0 Å². The van der Waals surface area contributed by atoms with Gasteiger partial charge in [-0.2, -0.15) is 0 Å². The van der Waals surface area contributed by atoms with Gasteiger partial charge >= 0.3 is 0 Å². The van der Waals surface area contributed by atoms with Crippen molar-refractivity contribution in [2.45, 2.75) is 70.4 Å². The highest BCUT2D eigenvalue weighted by atomic mass is 16.2. The summed E-state index contributed by atoms with van der Waals surface area (Å²) in [7, 11) is 0. The second-order valence-corrected chi connectivity index (χ2v) is 8.62. The van der Waals surface area contributed by atoms with Gasteiger partial charge in [-0.3, -0.25) is 4.79 Å². The first kappa shape index (κ1) is 18.0. The molecular formula is C21H34N4O. The molecule has 0 aliphatic carbocycles. The third kappa shape index (κ3) is 4.30. The maximum absolute atomic E-state index is 12.7. The van der Waals surface area contributed by atoms with Gasteiger partial charge in [0.2, 0.25) is 5.91 Å². The molecule has 3 aliphatic heterocycles. The predicted molar refractivity (Wildman–Crippen MR) is 103 cm³/mol. The zero-order valence-corrected chi connectivity index (χ0v) is 16.1. The number of likely N-dealkylation sites (tertiary alicyclic amines) is 1. The van der Waals surface area contributed by atoms with Crippen molar-refractivity contribution in [2.75, 3.05) is 26.2 Å². The van der Waals surface area contributed by atoms with Crippen molar-refractivity contribution in [3.8, 4) is 0 Å². The molecule has 0 bridgehead atoms. The maximum Gasteiger partial charge on any atom is 0.222 e. The van der Waals surface area contributed by atoms with Crippen molar-refractivity contribution >= 4 is 5.91 Å². The van der Waals surface area contributed by atoms with Crippen molar-refractivity contribution in [3.05, 3.63) is 18.7 Å². The number of amides is 1. The van der Waals surface area contributed by atoms with Gasteiger partial charge in [0.1, 0.15) is 0 Å². The highest BCUT2D eigenvalue weighted by Crippen LogP contribution is 2.33. The standard InChI is InChI=1S/C21H34N4O/c26-21(7-6-19-4-3-12-24-11-2-1-5-20(19)24)25-13-8-18(9-14-25)16-23-15-10-22-17-23/h10,15,17-20H,1-9,11-14,16H2/t19-,20+/m0/s1. The van der Waals surface area contributed by atoms with E-state index >= 15 is 0 Å². The van der Waals surface area contributed by atoms with Crippen LogP contribution in [0.1, 0.15) is 57.8 Å². The van der Waals surface area contributed by atoms with Crippen molar-refractivity contribution in [1.82, 2.24) is 19.4 Å². The number of carbonyl (C=O) groups is 1. The molecule has 0 radical (unpaired) electrons. The molecule has 1 aromatic heterocycles. The summed E-state index contributed by atoms with van der Waals surface area (Å²) in [5.41, 5.74) is 0. The average Bonchev–Trinajstić information content (AvgIpc) is 3.19. The summed E-state index contributed by atoms with van der Waals surface area (Å²) in [6.45, 7) is 5.51. The Balaban J connectivity index is 1.20. The molecule has 1 aromatic rings. The Morgan fingerprint density at radius 1 is 1.00 bits per heavy atom. The largest absolute Gasteiger partial charge is 0.343 e. The molecule has 0 unspecified atom stereocenters. The molecule has 0 aromatic carbocycles. The minimum absolute atomic E-state index is 0.402. The Bertz CT molecular complexity index is 563. The van der Waals surface area contributed by atoms with Gasteiger partial charge in [0.15, 0.2) is 0 Å². The first-order chi connectivity index (χ1) is 12.8. The van der Waals surface area contributed by atoms with Crippen LogP contribution in [0.25, 0.3) is 0 Å². The number of hydrogen-bond donors (Lipinski definition) is 0. The third-order valence-corrected chi connectivity index (χ3v) is 6.95. The van der Waals surface area contributed by atoms with Gasteiger partial charge in [-0.1, -0.05) is 6.42 Å². The molecule has 3 saturated heterocycles.